The van der Waals surface area contributed by atoms with Gasteiger partial charge in [-0.1, -0.05) is 6.07 Å². The summed E-state index contributed by atoms with van der Waals surface area (Å²) < 4.78 is 11.1. The van der Waals surface area contributed by atoms with Crippen molar-refractivity contribution in [1.82, 2.24) is 15.2 Å². The number of ether oxygens (including phenoxy) is 2. The molecule has 196 valence electrons. The highest BCUT2D eigenvalue weighted by atomic mass is 32.1. The number of hydrogen-bond donors (Lipinski definition) is 2. The Balaban J connectivity index is 1.52. The Morgan fingerprint density at radius 2 is 2.08 bits per heavy atom. The maximum atomic E-state index is 13.1. The first-order chi connectivity index (χ1) is 17.2. The monoisotopic (exact) mass is 515 g/mol. The number of nitrogens with one attached hydrogen (secondary N) is 2. The van der Waals surface area contributed by atoms with Gasteiger partial charge in [-0.2, -0.15) is 0 Å². The molecule has 0 spiro atoms. The number of rotatable bonds is 8. The van der Waals surface area contributed by atoms with E-state index < -0.39 is 0 Å². The molecule has 2 amide bonds. The first kappa shape index (κ1) is 26.5. The minimum absolute atomic E-state index is 0.0274. The Morgan fingerprint density at radius 1 is 1.28 bits per heavy atom. The third-order valence-electron chi connectivity index (χ3n) is 6.66. The van der Waals surface area contributed by atoms with Crippen molar-refractivity contribution in [3.63, 3.8) is 0 Å². The van der Waals surface area contributed by atoms with Crippen LogP contribution in [-0.4, -0.2) is 79.3 Å². The quantitative estimate of drug-likeness (QED) is 0.557. The van der Waals surface area contributed by atoms with Crippen LogP contribution in [0.4, 0.5) is 10.8 Å². The Bertz CT molecular complexity index is 1090. The molecule has 2 fully saturated rings. The molecule has 36 heavy (non-hydrogen) atoms. The van der Waals surface area contributed by atoms with Gasteiger partial charge in [0.2, 0.25) is 0 Å². The van der Waals surface area contributed by atoms with E-state index in [0.29, 0.717) is 36.7 Å². The molecule has 0 unspecified atom stereocenters. The van der Waals surface area contributed by atoms with Crippen molar-refractivity contribution in [3.8, 4) is 0 Å². The number of morpholine rings is 1. The van der Waals surface area contributed by atoms with Crippen LogP contribution < -0.4 is 15.5 Å². The van der Waals surface area contributed by atoms with E-state index >= 15 is 0 Å². The summed E-state index contributed by atoms with van der Waals surface area (Å²) in [6, 6.07) is 5.63. The maximum Gasteiger partial charge on any atom is 0.275 e. The van der Waals surface area contributed by atoms with Crippen LogP contribution in [0.2, 0.25) is 0 Å². The van der Waals surface area contributed by atoms with E-state index in [2.05, 4.69) is 39.3 Å². The molecule has 4 rings (SSSR count). The van der Waals surface area contributed by atoms with E-state index in [1.54, 1.807) is 12.5 Å². The molecule has 0 saturated carbocycles. The van der Waals surface area contributed by atoms with Crippen molar-refractivity contribution < 1.29 is 19.1 Å². The van der Waals surface area contributed by atoms with Crippen LogP contribution in [0.3, 0.4) is 0 Å². The second kappa shape index (κ2) is 11.2. The highest BCUT2D eigenvalue weighted by Gasteiger charge is 2.31. The standard InChI is InChI=1S/C26H37N5O4S/c1-17(2)27-23(32)20-12-18(13-31-10-11-35-16-26(31,3)4)6-7-21(20)28-24(33)22-15-36-25(29-22)30-9-8-19(14-30)34-5/h6-7,12,15,17,19H,8-11,13-14,16H2,1-5H3,(H,27,32)(H,28,33)/t19-/m0/s1. The number of anilines is 2. The molecule has 10 heteroatoms. The fourth-order valence-electron chi connectivity index (χ4n) is 4.53. The molecule has 2 saturated heterocycles. The predicted octanol–water partition coefficient (Wildman–Crippen LogP) is 3.37. The van der Waals surface area contributed by atoms with Crippen molar-refractivity contribution in [2.24, 2.45) is 0 Å². The molecular formula is C26H37N5O4S. The van der Waals surface area contributed by atoms with E-state index in [-0.39, 0.29) is 29.5 Å². The molecule has 9 nitrogen and oxygen atoms in total. The van der Waals surface area contributed by atoms with E-state index in [0.717, 1.165) is 36.8 Å². The van der Waals surface area contributed by atoms with Crippen molar-refractivity contribution in [3.05, 3.63) is 40.4 Å². The molecule has 1 aromatic heterocycles. The van der Waals surface area contributed by atoms with Gasteiger partial charge in [0.1, 0.15) is 5.69 Å². The molecule has 2 aliphatic rings. The van der Waals surface area contributed by atoms with Gasteiger partial charge in [-0.05, 0) is 51.8 Å². The fourth-order valence-corrected chi connectivity index (χ4v) is 5.37. The number of carbonyl (C=O) groups is 2. The molecule has 2 aromatic rings. The van der Waals surface area contributed by atoms with Crippen LogP contribution >= 0.6 is 11.3 Å². The first-order valence-electron chi connectivity index (χ1n) is 12.5. The summed E-state index contributed by atoms with van der Waals surface area (Å²) in [6.45, 7) is 12.7. The number of nitrogens with zero attached hydrogens (tertiary/aromatic N) is 3. The van der Waals surface area contributed by atoms with Gasteiger partial charge in [0, 0.05) is 50.2 Å². The van der Waals surface area contributed by atoms with E-state index in [4.69, 9.17) is 9.47 Å². The Hall–Kier alpha value is -2.53. The Morgan fingerprint density at radius 3 is 2.78 bits per heavy atom. The highest BCUT2D eigenvalue weighted by Crippen LogP contribution is 2.27. The molecule has 1 atom stereocenters. The summed E-state index contributed by atoms with van der Waals surface area (Å²) in [7, 11) is 1.72. The molecule has 1 aromatic carbocycles. The van der Waals surface area contributed by atoms with Crippen molar-refractivity contribution in [2.45, 2.75) is 58.3 Å². The largest absolute Gasteiger partial charge is 0.380 e. The summed E-state index contributed by atoms with van der Waals surface area (Å²) >= 11 is 1.44. The van der Waals surface area contributed by atoms with Gasteiger partial charge in [-0.15, -0.1) is 11.3 Å². The van der Waals surface area contributed by atoms with Crippen molar-refractivity contribution in [1.29, 1.82) is 0 Å². The number of thiazole rings is 1. The smallest absolute Gasteiger partial charge is 0.275 e. The molecule has 3 heterocycles. The first-order valence-corrected chi connectivity index (χ1v) is 13.4. The van der Waals surface area contributed by atoms with E-state index in [1.807, 2.05) is 32.0 Å². The van der Waals surface area contributed by atoms with Crippen LogP contribution in [0.15, 0.2) is 23.6 Å². The number of methoxy groups -OCH3 is 1. The number of carbonyl (C=O) groups excluding carboxylic acids is 2. The van der Waals surface area contributed by atoms with E-state index in [9.17, 15) is 9.59 Å². The van der Waals surface area contributed by atoms with Gasteiger partial charge in [-0.3, -0.25) is 14.5 Å². The summed E-state index contributed by atoms with van der Waals surface area (Å²) in [5.74, 6) is -0.550. The SMILES string of the molecule is CO[C@H]1CCN(c2nc(C(=O)Nc3ccc(CN4CCOCC4(C)C)cc3C(=O)NC(C)C)cs2)C1. The van der Waals surface area contributed by atoms with Gasteiger partial charge in [-0.25, -0.2) is 4.98 Å². The molecule has 0 aliphatic carbocycles. The van der Waals surface area contributed by atoms with Crippen LogP contribution in [0, 0.1) is 0 Å². The van der Waals surface area contributed by atoms with Gasteiger partial charge in [0.05, 0.1) is 30.6 Å². The minimum atomic E-state index is -0.333. The third-order valence-corrected chi connectivity index (χ3v) is 7.56. The predicted molar refractivity (Wildman–Crippen MR) is 142 cm³/mol. The Labute approximate surface area is 217 Å². The summed E-state index contributed by atoms with van der Waals surface area (Å²) in [4.78, 5) is 35.2. The lowest BCUT2D eigenvalue weighted by Gasteiger charge is -2.42. The van der Waals surface area contributed by atoms with Gasteiger partial charge in [0.15, 0.2) is 5.13 Å². The summed E-state index contributed by atoms with van der Waals surface area (Å²) in [5, 5.41) is 8.44. The normalized spacial score (nSPS) is 20.1. The fraction of sp³-hybridized carbons (Fsp3) is 0.577. The number of aromatic nitrogens is 1. The zero-order valence-corrected chi connectivity index (χ0v) is 22.6. The van der Waals surface area contributed by atoms with Gasteiger partial charge >= 0.3 is 0 Å². The maximum absolute atomic E-state index is 13.1. The lowest BCUT2D eigenvalue weighted by molar-refractivity contribution is -0.0552. The third kappa shape index (κ3) is 6.23. The van der Waals surface area contributed by atoms with Crippen LogP contribution in [-0.2, 0) is 16.0 Å². The lowest BCUT2D eigenvalue weighted by atomic mass is 10.00. The van der Waals surface area contributed by atoms with Crippen molar-refractivity contribution >= 4 is 34.0 Å². The van der Waals surface area contributed by atoms with Crippen LogP contribution in [0.25, 0.3) is 0 Å². The van der Waals surface area contributed by atoms with Crippen LogP contribution in [0.5, 0.6) is 0 Å². The molecule has 2 aliphatic heterocycles. The zero-order valence-electron chi connectivity index (χ0n) is 21.8. The van der Waals surface area contributed by atoms with Crippen LogP contribution in [0.1, 0.15) is 60.5 Å². The molecule has 0 radical (unpaired) electrons. The second-order valence-corrected chi connectivity index (χ2v) is 11.2. The van der Waals surface area contributed by atoms with E-state index in [1.165, 1.54) is 11.3 Å². The zero-order chi connectivity index (χ0) is 25.9. The summed E-state index contributed by atoms with van der Waals surface area (Å²) in [6.07, 6.45) is 1.13. The number of benzene rings is 1. The minimum Gasteiger partial charge on any atom is -0.380 e. The summed E-state index contributed by atoms with van der Waals surface area (Å²) in [5.41, 5.74) is 2.17. The van der Waals surface area contributed by atoms with Gasteiger partial charge in [0.25, 0.3) is 11.8 Å². The average Bonchev–Trinajstić information content (AvgIpc) is 3.50. The Kier molecular flexibility index (Phi) is 8.29. The number of hydrogen-bond acceptors (Lipinski definition) is 8. The van der Waals surface area contributed by atoms with Crippen molar-refractivity contribution in [2.75, 3.05) is 50.2 Å². The molecule has 2 N–H and O–H groups in total. The topological polar surface area (TPSA) is 96.0 Å². The average molecular weight is 516 g/mol. The lowest BCUT2D eigenvalue weighted by Crippen LogP contribution is -2.52. The molecule has 0 bridgehead atoms. The van der Waals surface area contributed by atoms with Gasteiger partial charge < -0.3 is 25.0 Å². The second-order valence-electron chi connectivity index (χ2n) is 10.4. The molecular weight excluding hydrogens is 478 g/mol. The highest BCUT2D eigenvalue weighted by molar-refractivity contribution is 7.14. The number of amides is 2.